The summed E-state index contributed by atoms with van der Waals surface area (Å²) in [6, 6.07) is 0.190. The van der Waals surface area contributed by atoms with Crippen LogP contribution in [0, 0.1) is 0 Å². The van der Waals surface area contributed by atoms with Gasteiger partial charge >= 0.3 is 6.09 Å². The maximum absolute atomic E-state index is 11.9. The highest BCUT2D eigenvalue weighted by molar-refractivity contribution is 7.89. The van der Waals surface area contributed by atoms with Gasteiger partial charge in [0.2, 0.25) is 10.0 Å². The van der Waals surface area contributed by atoms with Crippen molar-refractivity contribution < 1.29 is 17.9 Å². The summed E-state index contributed by atoms with van der Waals surface area (Å²) < 4.78 is 30.7. The van der Waals surface area contributed by atoms with Gasteiger partial charge in [-0.2, -0.15) is 4.31 Å². The van der Waals surface area contributed by atoms with Crippen LogP contribution in [0.5, 0.6) is 0 Å². The van der Waals surface area contributed by atoms with Gasteiger partial charge < -0.3 is 10.1 Å². The van der Waals surface area contributed by atoms with Crippen molar-refractivity contribution in [2.75, 3.05) is 12.3 Å². The highest BCUT2D eigenvalue weighted by Crippen LogP contribution is 2.28. The Balaban J connectivity index is 1.80. The third-order valence-corrected chi connectivity index (χ3v) is 5.96. The first-order valence-corrected chi connectivity index (χ1v) is 9.27. The molecule has 0 atom stereocenters. The zero-order valence-electron chi connectivity index (χ0n) is 13.1. The molecule has 21 heavy (non-hydrogen) atoms. The van der Waals surface area contributed by atoms with Crippen molar-refractivity contribution in [1.82, 2.24) is 9.62 Å². The molecule has 1 amide bonds. The Bertz CT molecular complexity index is 476. The predicted octanol–water partition coefficient (Wildman–Crippen LogP) is 1.86. The molecule has 0 unspecified atom stereocenters. The highest BCUT2D eigenvalue weighted by Gasteiger charge is 2.36. The van der Waals surface area contributed by atoms with Crippen molar-refractivity contribution in [3.8, 4) is 0 Å². The molecule has 1 aliphatic heterocycles. The first-order valence-electron chi connectivity index (χ1n) is 7.66. The molecule has 2 rings (SSSR count). The Morgan fingerprint density at radius 2 is 1.81 bits per heavy atom. The first kappa shape index (κ1) is 16.5. The van der Waals surface area contributed by atoms with E-state index >= 15 is 0 Å². The average molecular weight is 318 g/mol. The zero-order chi connectivity index (χ0) is 15.7. The number of amides is 1. The number of hydrogen-bond donors (Lipinski definition) is 1. The van der Waals surface area contributed by atoms with Gasteiger partial charge in [0.15, 0.2) is 0 Å². The Labute approximate surface area is 127 Å². The fourth-order valence-corrected chi connectivity index (χ4v) is 4.85. The molecule has 2 fully saturated rings. The molecular formula is C14H26N2O4S. The van der Waals surface area contributed by atoms with Gasteiger partial charge in [0.1, 0.15) is 5.60 Å². The number of nitrogens with one attached hydrogen (secondary N) is 1. The molecule has 1 saturated heterocycles. The van der Waals surface area contributed by atoms with E-state index in [1.54, 1.807) is 4.31 Å². The van der Waals surface area contributed by atoms with E-state index in [0.717, 1.165) is 32.1 Å². The van der Waals surface area contributed by atoms with Crippen LogP contribution in [-0.2, 0) is 14.8 Å². The summed E-state index contributed by atoms with van der Waals surface area (Å²) >= 11 is 0. The summed E-state index contributed by atoms with van der Waals surface area (Å²) in [5.74, 6) is 0.281. The van der Waals surface area contributed by atoms with Gasteiger partial charge in [-0.3, -0.25) is 0 Å². The molecule has 0 aromatic carbocycles. The molecule has 1 N–H and O–H groups in total. The van der Waals surface area contributed by atoms with E-state index in [1.807, 2.05) is 20.8 Å². The fraction of sp³-hybridized carbons (Fsp3) is 0.929. The monoisotopic (exact) mass is 318 g/mol. The van der Waals surface area contributed by atoms with Crippen LogP contribution in [0.2, 0.25) is 0 Å². The normalized spacial score (nSPS) is 30.0. The van der Waals surface area contributed by atoms with Crippen LogP contribution in [0.3, 0.4) is 0 Å². The molecule has 0 spiro atoms. The Hall–Kier alpha value is -0.820. The summed E-state index contributed by atoms with van der Waals surface area (Å²) in [5.41, 5.74) is -0.495. The minimum Gasteiger partial charge on any atom is -0.444 e. The molecule has 1 heterocycles. The van der Waals surface area contributed by atoms with E-state index in [-0.39, 0.29) is 23.9 Å². The number of nitrogens with zero attached hydrogens (tertiary/aromatic N) is 1. The van der Waals surface area contributed by atoms with Gasteiger partial charge in [-0.05, 0) is 52.9 Å². The van der Waals surface area contributed by atoms with E-state index in [9.17, 15) is 13.2 Å². The van der Waals surface area contributed by atoms with Gasteiger partial charge in [0.25, 0.3) is 0 Å². The van der Waals surface area contributed by atoms with E-state index in [0.29, 0.717) is 6.54 Å². The zero-order valence-corrected chi connectivity index (χ0v) is 13.9. The van der Waals surface area contributed by atoms with Crippen LogP contribution < -0.4 is 5.32 Å². The van der Waals surface area contributed by atoms with Crippen LogP contribution in [0.4, 0.5) is 4.79 Å². The van der Waals surface area contributed by atoms with E-state index < -0.39 is 15.6 Å². The second-order valence-electron chi connectivity index (χ2n) is 6.93. The van der Waals surface area contributed by atoms with Crippen molar-refractivity contribution in [3.05, 3.63) is 0 Å². The van der Waals surface area contributed by atoms with Crippen molar-refractivity contribution in [2.24, 2.45) is 0 Å². The molecule has 7 heteroatoms. The van der Waals surface area contributed by atoms with Crippen LogP contribution >= 0.6 is 0 Å². The van der Waals surface area contributed by atoms with E-state index in [4.69, 9.17) is 4.74 Å². The maximum atomic E-state index is 11.9. The molecule has 2 aliphatic rings. The van der Waals surface area contributed by atoms with Gasteiger partial charge in [0.05, 0.1) is 5.75 Å². The summed E-state index contributed by atoms with van der Waals surface area (Å²) in [5, 5.41) is 2.88. The average Bonchev–Trinajstić information content (AvgIpc) is 2.67. The predicted molar refractivity (Wildman–Crippen MR) is 80.5 cm³/mol. The number of rotatable bonds is 2. The van der Waals surface area contributed by atoms with Crippen molar-refractivity contribution in [2.45, 2.75) is 70.6 Å². The minimum atomic E-state index is -3.03. The highest BCUT2D eigenvalue weighted by atomic mass is 32.2. The van der Waals surface area contributed by atoms with Crippen molar-refractivity contribution >= 4 is 16.1 Å². The van der Waals surface area contributed by atoms with E-state index in [2.05, 4.69) is 5.32 Å². The smallest absolute Gasteiger partial charge is 0.407 e. The lowest BCUT2D eigenvalue weighted by Gasteiger charge is -2.34. The molecule has 6 nitrogen and oxygen atoms in total. The van der Waals surface area contributed by atoms with Crippen LogP contribution in [0.15, 0.2) is 0 Å². The second-order valence-corrected chi connectivity index (χ2v) is 8.97. The fourth-order valence-electron chi connectivity index (χ4n) is 3.05. The lowest BCUT2D eigenvalue weighted by Crippen LogP contribution is -2.45. The molecule has 0 bridgehead atoms. The third-order valence-electron chi connectivity index (χ3n) is 3.96. The summed E-state index contributed by atoms with van der Waals surface area (Å²) in [6.45, 7) is 6.16. The summed E-state index contributed by atoms with van der Waals surface area (Å²) in [6.07, 6.45) is 3.56. The third kappa shape index (κ3) is 4.57. The lowest BCUT2D eigenvalue weighted by atomic mass is 9.91. The number of ether oxygens (including phenoxy) is 1. The molecule has 122 valence electrons. The summed E-state index contributed by atoms with van der Waals surface area (Å²) in [4.78, 5) is 11.7. The topological polar surface area (TPSA) is 75.7 Å². The van der Waals surface area contributed by atoms with Gasteiger partial charge in [-0.25, -0.2) is 13.2 Å². The molecule has 0 aromatic heterocycles. The lowest BCUT2D eigenvalue weighted by molar-refractivity contribution is 0.0485. The maximum Gasteiger partial charge on any atom is 0.407 e. The number of carbonyl (C=O) groups is 1. The molecule has 1 saturated carbocycles. The van der Waals surface area contributed by atoms with Crippen molar-refractivity contribution in [3.63, 3.8) is 0 Å². The quantitative estimate of drug-likeness (QED) is 0.843. The standard InChI is InChI=1S/C14H26N2O4S/c1-14(2,3)20-13(17)15-11-5-7-12(8-6-11)16-9-4-10-21(16,18)19/h11-12H,4-10H2,1-3H3,(H,15,17). The number of alkyl carbamates (subject to hydrolysis) is 1. The Kier molecular flexibility index (Phi) is 4.82. The molecule has 0 radical (unpaired) electrons. The molecular weight excluding hydrogens is 292 g/mol. The Morgan fingerprint density at radius 1 is 1.19 bits per heavy atom. The van der Waals surface area contributed by atoms with Gasteiger partial charge in [-0.1, -0.05) is 0 Å². The number of hydrogen-bond acceptors (Lipinski definition) is 4. The number of sulfonamides is 1. The number of carbonyl (C=O) groups excluding carboxylic acids is 1. The SMILES string of the molecule is CC(C)(C)OC(=O)NC1CCC(N2CCCS2(=O)=O)CC1. The molecule has 0 aromatic rings. The van der Waals surface area contributed by atoms with Gasteiger partial charge in [0, 0.05) is 18.6 Å². The van der Waals surface area contributed by atoms with Crippen LogP contribution in [0.1, 0.15) is 52.9 Å². The van der Waals surface area contributed by atoms with Crippen LogP contribution in [0.25, 0.3) is 0 Å². The molecule has 1 aliphatic carbocycles. The Morgan fingerprint density at radius 3 is 2.29 bits per heavy atom. The summed E-state index contributed by atoms with van der Waals surface area (Å²) in [7, 11) is -3.03. The second kappa shape index (κ2) is 6.12. The largest absolute Gasteiger partial charge is 0.444 e. The van der Waals surface area contributed by atoms with E-state index in [1.165, 1.54) is 0 Å². The van der Waals surface area contributed by atoms with Crippen molar-refractivity contribution in [1.29, 1.82) is 0 Å². The minimum absolute atomic E-state index is 0.0846. The van der Waals surface area contributed by atoms with Crippen LogP contribution in [-0.4, -0.2) is 48.8 Å². The first-order chi connectivity index (χ1) is 9.67. The van der Waals surface area contributed by atoms with Gasteiger partial charge in [-0.15, -0.1) is 0 Å².